The van der Waals surface area contributed by atoms with Crippen LogP contribution < -0.4 is 5.73 Å². The van der Waals surface area contributed by atoms with Gasteiger partial charge in [0.2, 0.25) is 5.91 Å². The van der Waals surface area contributed by atoms with Crippen LogP contribution >= 0.6 is 0 Å². The van der Waals surface area contributed by atoms with Crippen LogP contribution in [0.3, 0.4) is 0 Å². The summed E-state index contributed by atoms with van der Waals surface area (Å²) in [5.41, 5.74) is 9.58. The molecule has 2 heterocycles. The van der Waals surface area contributed by atoms with E-state index in [1.165, 1.54) is 22.9 Å². The monoisotopic (exact) mass is 337 g/mol. The second kappa shape index (κ2) is 7.05. The van der Waals surface area contributed by atoms with E-state index in [0.717, 1.165) is 25.8 Å². The van der Waals surface area contributed by atoms with E-state index in [-0.39, 0.29) is 11.9 Å². The number of nitrogens with zero attached hydrogens (tertiary/aromatic N) is 2. The van der Waals surface area contributed by atoms with Gasteiger partial charge in [0.25, 0.3) is 5.91 Å². The SMILES string of the molecule is Cc1cccc([C@H]2CCCCN2C(=O)c2ccc(C(N)=O)cn2)c1C. The fourth-order valence-electron chi connectivity index (χ4n) is 3.45. The van der Waals surface area contributed by atoms with E-state index in [1.807, 2.05) is 4.90 Å². The minimum atomic E-state index is -0.544. The van der Waals surface area contributed by atoms with Crippen molar-refractivity contribution in [3.8, 4) is 0 Å². The average molecular weight is 337 g/mol. The molecule has 130 valence electrons. The van der Waals surface area contributed by atoms with Crippen LogP contribution in [0.1, 0.15) is 62.8 Å². The molecule has 1 aliphatic heterocycles. The highest BCUT2D eigenvalue weighted by molar-refractivity contribution is 5.95. The van der Waals surface area contributed by atoms with Crippen molar-refractivity contribution in [3.05, 3.63) is 64.5 Å². The molecule has 3 rings (SSSR count). The van der Waals surface area contributed by atoms with Crippen LogP contribution in [-0.4, -0.2) is 28.2 Å². The maximum atomic E-state index is 13.0. The van der Waals surface area contributed by atoms with E-state index >= 15 is 0 Å². The molecule has 2 N–H and O–H groups in total. The summed E-state index contributed by atoms with van der Waals surface area (Å²) in [5.74, 6) is -0.639. The topological polar surface area (TPSA) is 76.3 Å². The quantitative estimate of drug-likeness (QED) is 0.934. The molecule has 2 aromatic rings. The number of primary amides is 1. The van der Waals surface area contributed by atoms with Gasteiger partial charge in [0.1, 0.15) is 5.69 Å². The van der Waals surface area contributed by atoms with Gasteiger partial charge in [0.15, 0.2) is 0 Å². The Kier molecular flexibility index (Phi) is 4.83. The van der Waals surface area contributed by atoms with Crippen molar-refractivity contribution in [2.45, 2.75) is 39.2 Å². The average Bonchev–Trinajstić information content (AvgIpc) is 2.63. The van der Waals surface area contributed by atoms with Crippen molar-refractivity contribution < 1.29 is 9.59 Å². The smallest absolute Gasteiger partial charge is 0.272 e. The number of hydrogen-bond donors (Lipinski definition) is 1. The second-order valence-electron chi connectivity index (χ2n) is 6.60. The Labute approximate surface area is 147 Å². The molecule has 1 fully saturated rings. The second-order valence-corrected chi connectivity index (χ2v) is 6.60. The van der Waals surface area contributed by atoms with Crippen LogP contribution in [0.5, 0.6) is 0 Å². The molecule has 1 aliphatic rings. The molecular formula is C20H23N3O2. The highest BCUT2D eigenvalue weighted by Gasteiger charge is 2.30. The number of benzene rings is 1. The molecule has 0 aliphatic carbocycles. The van der Waals surface area contributed by atoms with Gasteiger partial charge in [-0.2, -0.15) is 0 Å². The van der Waals surface area contributed by atoms with Gasteiger partial charge >= 0.3 is 0 Å². The lowest BCUT2D eigenvalue weighted by molar-refractivity contribution is 0.0604. The number of likely N-dealkylation sites (tertiary alicyclic amines) is 1. The zero-order chi connectivity index (χ0) is 18.0. The first kappa shape index (κ1) is 17.1. The van der Waals surface area contributed by atoms with E-state index in [1.54, 1.807) is 12.1 Å². The third-order valence-electron chi connectivity index (χ3n) is 5.04. The largest absolute Gasteiger partial charge is 0.366 e. The molecule has 5 nitrogen and oxygen atoms in total. The molecule has 5 heteroatoms. The first-order valence-electron chi connectivity index (χ1n) is 8.62. The summed E-state index contributed by atoms with van der Waals surface area (Å²) < 4.78 is 0. The van der Waals surface area contributed by atoms with E-state index in [0.29, 0.717) is 11.3 Å². The fourth-order valence-corrected chi connectivity index (χ4v) is 3.45. The number of carbonyl (C=O) groups is 2. The standard InChI is InChI=1S/C20H23N3O2/c1-13-6-5-7-16(14(13)2)18-8-3-4-11-23(18)20(25)17-10-9-15(12-22-17)19(21)24/h5-7,9-10,12,18H,3-4,8,11H2,1-2H3,(H2,21,24)/t18-/m1/s1. The van der Waals surface area contributed by atoms with Gasteiger partial charge in [-0.15, -0.1) is 0 Å². The van der Waals surface area contributed by atoms with Crippen molar-refractivity contribution in [1.29, 1.82) is 0 Å². The minimum absolute atomic E-state index is 0.0683. The van der Waals surface area contributed by atoms with Gasteiger partial charge in [-0.3, -0.25) is 14.6 Å². The fraction of sp³-hybridized carbons (Fsp3) is 0.350. The zero-order valence-corrected chi connectivity index (χ0v) is 14.7. The molecule has 1 atom stereocenters. The summed E-state index contributed by atoms with van der Waals surface area (Å²) in [4.78, 5) is 30.3. The Bertz CT molecular complexity index is 799. The third kappa shape index (κ3) is 3.40. The highest BCUT2D eigenvalue weighted by Crippen LogP contribution is 2.34. The lowest BCUT2D eigenvalue weighted by Gasteiger charge is -2.37. The van der Waals surface area contributed by atoms with Crippen LogP contribution in [0, 0.1) is 13.8 Å². The summed E-state index contributed by atoms with van der Waals surface area (Å²) >= 11 is 0. The van der Waals surface area contributed by atoms with Gasteiger partial charge in [-0.05, 0) is 61.9 Å². The Morgan fingerprint density at radius 3 is 2.64 bits per heavy atom. The van der Waals surface area contributed by atoms with E-state index in [2.05, 4.69) is 37.0 Å². The van der Waals surface area contributed by atoms with Crippen LogP contribution in [0.4, 0.5) is 0 Å². The van der Waals surface area contributed by atoms with Gasteiger partial charge in [0, 0.05) is 12.7 Å². The maximum Gasteiger partial charge on any atom is 0.272 e. The number of rotatable bonds is 3. The lowest BCUT2D eigenvalue weighted by Crippen LogP contribution is -2.39. The molecule has 0 saturated carbocycles. The Morgan fingerprint density at radius 2 is 1.96 bits per heavy atom. The van der Waals surface area contributed by atoms with Crippen molar-refractivity contribution in [2.75, 3.05) is 6.54 Å². The van der Waals surface area contributed by atoms with Gasteiger partial charge < -0.3 is 10.6 Å². The number of carbonyl (C=O) groups excluding carboxylic acids is 2. The molecule has 25 heavy (non-hydrogen) atoms. The number of pyridine rings is 1. The zero-order valence-electron chi connectivity index (χ0n) is 14.7. The number of piperidine rings is 1. The molecule has 1 aromatic heterocycles. The van der Waals surface area contributed by atoms with E-state index in [4.69, 9.17) is 5.73 Å². The van der Waals surface area contributed by atoms with Crippen LogP contribution in [0.25, 0.3) is 0 Å². The number of amides is 2. The Balaban J connectivity index is 1.91. The van der Waals surface area contributed by atoms with Crippen molar-refractivity contribution in [1.82, 2.24) is 9.88 Å². The Hall–Kier alpha value is -2.69. The van der Waals surface area contributed by atoms with E-state index in [9.17, 15) is 9.59 Å². The molecule has 1 aromatic carbocycles. The van der Waals surface area contributed by atoms with Crippen LogP contribution in [0.15, 0.2) is 36.5 Å². The minimum Gasteiger partial charge on any atom is -0.366 e. The number of aryl methyl sites for hydroxylation is 1. The first-order chi connectivity index (χ1) is 12.0. The normalized spacial score (nSPS) is 17.4. The van der Waals surface area contributed by atoms with Crippen molar-refractivity contribution >= 4 is 11.8 Å². The highest BCUT2D eigenvalue weighted by atomic mass is 16.2. The van der Waals surface area contributed by atoms with Gasteiger partial charge in [0.05, 0.1) is 11.6 Å². The summed E-state index contributed by atoms with van der Waals surface area (Å²) in [6.45, 7) is 4.93. The summed E-state index contributed by atoms with van der Waals surface area (Å²) in [6, 6.07) is 9.46. The third-order valence-corrected chi connectivity index (χ3v) is 5.04. The molecule has 0 radical (unpaired) electrons. The summed E-state index contributed by atoms with van der Waals surface area (Å²) in [6.07, 6.45) is 4.42. The number of hydrogen-bond acceptors (Lipinski definition) is 3. The van der Waals surface area contributed by atoms with Gasteiger partial charge in [-0.25, -0.2) is 0 Å². The Morgan fingerprint density at radius 1 is 1.16 bits per heavy atom. The molecule has 0 unspecified atom stereocenters. The lowest BCUT2D eigenvalue weighted by atomic mass is 9.90. The molecule has 1 saturated heterocycles. The maximum absolute atomic E-state index is 13.0. The number of nitrogens with two attached hydrogens (primary N) is 1. The summed E-state index contributed by atoms with van der Waals surface area (Å²) in [7, 11) is 0. The van der Waals surface area contributed by atoms with Crippen LogP contribution in [0.2, 0.25) is 0 Å². The molecule has 0 bridgehead atoms. The first-order valence-corrected chi connectivity index (χ1v) is 8.62. The van der Waals surface area contributed by atoms with E-state index < -0.39 is 5.91 Å². The predicted octanol–water partition coefficient (Wildman–Crippen LogP) is 3.16. The van der Waals surface area contributed by atoms with Gasteiger partial charge in [-0.1, -0.05) is 18.2 Å². The van der Waals surface area contributed by atoms with Crippen LogP contribution in [-0.2, 0) is 0 Å². The molecule has 0 spiro atoms. The predicted molar refractivity (Wildman–Crippen MR) is 96.3 cm³/mol. The summed E-state index contributed by atoms with van der Waals surface area (Å²) in [5, 5.41) is 0. The number of aromatic nitrogens is 1. The molecular weight excluding hydrogens is 314 g/mol. The van der Waals surface area contributed by atoms with Crippen molar-refractivity contribution in [3.63, 3.8) is 0 Å². The molecule has 2 amide bonds. The van der Waals surface area contributed by atoms with Crippen molar-refractivity contribution in [2.24, 2.45) is 5.73 Å².